The van der Waals surface area contributed by atoms with E-state index in [-0.39, 0.29) is 11.9 Å². The second-order valence-electron chi connectivity index (χ2n) is 3.19. The summed E-state index contributed by atoms with van der Waals surface area (Å²) in [5.74, 6) is -0.235. The molecule has 0 aromatic heterocycles. The molecule has 2 rings (SSSR count). The highest BCUT2D eigenvalue weighted by atomic mass is 32.1. The number of thiocarbonyl (C=S) groups is 1. The zero-order valence-corrected chi connectivity index (χ0v) is 8.31. The molecule has 1 fully saturated rings. The molecule has 0 radical (unpaired) electrons. The van der Waals surface area contributed by atoms with Crippen molar-refractivity contribution in [2.45, 2.75) is 6.04 Å². The van der Waals surface area contributed by atoms with Gasteiger partial charge in [-0.25, -0.2) is 4.39 Å². The summed E-state index contributed by atoms with van der Waals surface area (Å²) in [5, 5.41) is 3.10. The zero-order chi connectivity index (χ0) is 9.97. The van der Waals surface area contributed by atoms with E-state index in [2.05, 4.69) is 5.32 Å². The van der Waals surface area contributed by atoms with Gasteiger partial charge in [-0.2, -0.15) is 0 Å². The smallest absolute Gasteiger partial charge is 0.123 e. The van der Waals surface area contributed by atoms with Crippen molar-refractivity contribution in [2.24, 2.45) is 0 Å². The van der Waals surface area contributed by atoms with Gasteiger partial charge in [-0.05, 0) is 17.7 Å². The summed E-state index contributed by atoms with van der Waals surface area (Å²) in [7, 11) is 0. The van der Waals surface area contributed by atoms with Gasteiger partial charge in [0.1, 0.15) is 10.8 Å². The molecule has 0 unspecified atom stereocenters. The lowest BCUT2D eigenvalue weighted by Crippen LogP contribution is -2.38. The van der Waals surface area contributed by atoms with Crippen LogP contribution in [0, 0.1) is 5.82 Å². The lowest BCUT2D eigenvalue weighted by atomic mass is 10.1. The SMILES string of the molecule is Fc1cccc([C@@H]2COCC(=S)N2)c1. The minimum Gasteiger partial charge on any atom is -0.372 e. The quantitative estimate of drug-likeness (QED) is 0.716. The Morgan fingerprint density at radius 1 is 1.50 bits per heavy atom. The first-order valence-electron chi connectivity index (χ1n) is 4.38. The predicted molar refractivity (Wildman–Crippen MR) is 55.7 cm³/mol. The van der Waals surface area contributed by atoms with Crippen molar-refractivity contribution >= 4 is 17.2 Å². The highest BCUT2D eigenvalue weighted by Crippen LogP contribution is 2.17. The number of rotatable bonds is 1. The fourth-order valence-corrected chi connectivity index (χ4v) is 1.68. The van der Waals surface area contributed by atoms with E-state index >= 15 is 0 Å². The molecule has 1 aliphatic rings. The maximum absolute atomic E-state index is 12.9. The van der Waals surface area contributed by atoms with E-state index in [1.165, 1.54) is 12.1 Å². The van der Waals surface area contributed by atoms with Crippen LogP contribution in [0.3, 0.4) is 0 Å². The Hall–Kier alpha value is -1.00. The number of nitrogens with one attached hydrogen (secondary N) is 1. The lowest BCUT2D eigenvalue weighted by Gasteiger charge is -2.25. The Kier molecular flexibility index (Phi) is 2.74. The highest BCUT2D eigenvalue weighted by molar-refractivity contribution is 7.80. The molecule has 74 valence electrons. The fourth-order valence-electron chi connectivity index (χ4n) is 1.45. The first kappa shape index (κ1) is 9.55. The van der Waals surface area contributed by atoms with Crippen LogP contribution in [-0.2, 0) is 4.74 Å². The molecule has 0 saturated carbocycles. The second-order valence-corrected chi connectivity index (χ2v) is 3.68. The van der Waals surface area contributed by atoms with Crippen molar-refractivity contribution < 1.29 is 9.13 Å². The first-order valence-corrected chi connectivity index (χ1v) is 4.79. The highest BCUT2D eigenvalue weighted by Gasteiger charge is 2.17. The average Bonchev–Trinajstić information content (AvgIpc) is 2.18. The molecule has 2 nitrogen and oxygen atoms in total. The molecule has 1 saturated heterocycles. The van der Waals surface area contributed by atoms with Crippen LogP contribution in [0.1, 0.15) is 11.6 Å². The molecule has 1 atom stereocenters. The summed E-state index contributed by atoms with van der Waals surface area (Å²) >= 11 is 4.99. The van der Waals surface area contributed by atoms with Gasteiger partial charge in [0, 0.05) is 0 Å². The van der Waals surface area contributed by atoms with E-state index in [0.717, 1.165) is 5.56 Å². The van der Waals surface area contributed by atoms with E-state index < -0.39 is 0 Å². The summed E-state index contributed by atoms with van der Waals surface area (Å²) < 4.78 is 18.2. The standard InChI is InChI=1S/C10H10FNOS/c11-8-3-1-2-7(4-8)9-5-13-6-10(14)12-9/h1-4,9H,5-6H2,(H,12,14)/t9-/m0/s1. The van der Waals surface area contributed by atoms with Crippen LogP contribution in [0.4, 0.5) is 4.39 Å². The number of hydrogen-bond acceptors (Lipinski definition) is 2. The Morgan fingerprint density at radius 3 is 3.07 bits per heavy atom. The van der Waals surface area contributed by atoms with Crippen molar-refractivity contribution in [3.05, 3.63) is 35.6 Å². The van der Waals surface area contributed by atoms with E-state index in [1.807, 2.05) is 6.07 Å². The molecule has 0 bridgehead atoms. The van der Waals surface area contributed by atoms with Crippen LogP contribution in [0.15, 0.2) is 24.3 Å². The molecule has 1 aromatic rings. The number of halogens is 1. The molecule has 1 heterocycles. The van der Waals surface area contributed by atoms with Gasteiger partial charge in [0.2, 0.25) is 0 Å². The average molecular weight is 211 g/mol. The normalized spacial score (nSPS) is 21.8. The summed E-state index contributed by atoms with van der Waals surface area (Å²) in [6.07, 6.45) is 0. The maximum Gasteiger partial charge on any atom is 0.123 e. The third kappa shape index (κ3) is 2.08. The van der Waals surface area contributed by atoms with Gasteiger partial charge in [0.15, 0.2) is 0 Å². The Bertz CT molecular complexity index is 356. The number of hydrogen-bond donors (Lipinski definition) is 1. The summed E-state index contributed by atoms with van der Waals surface area (Å²) in [5.41, 5.74) is 0.868. The molecule has 1 aromatic carbocycles. The molecule has 1 aliphatic heterocycles. The topological polar surface area (TPSA) is 21.3 Å². The Morgan fingerprint density at radius 2 is 2.36 bits per heavy atom. The minimum absolute atomic E-state index is 0.0213. The van der Waals surface area contributed by atoms with Gasteiger partial charge in [0.25, 0.3) is 0 Å². The monoisotopic (exact) mass is 211 g/mol. The van der Waals surface area contributed by atoms with E-state index in [4.69, 9.17) is 17.0 Å². The molecule has 14 heavy (non-hydrogen) atoms. The molecule has 0 amide bonds. The molecule has 1 N–H and O–H groups in total. The van der Waals surface area contributed by atoms with Gasteiger partial charge >= 0.3 is 0 Å². The zero-order valence-electron chi connectivity index (χ0n) is 7.50. The summed E-state index contributed by atoms with van der Waals surface area (Å²) in [6.45, 7) is 0.991. The molecular formula is C10H10FNOS. The van der Waals surface area contributed by atoms with Crippen LogP contribution in [0.2, 0.25) is 0 Å². The van der Waals surface area contributed by atoms with Crippen LogP contribution in [-0.4, -0.2) is 18.2 Å². The fraction of sp³-hybridized carbons (Fsp3) is 0.300. The molecular weight excluding hydrogens is 201 g/mol. The van der Waals surface area contributed by atoms with Crippen LogP contribution >= 0.6 is 12.2 Å². The van der Waals surface area contributed by atoms with Gasteiger partial charge < -0.3 is 10.1 Å². The molecule has 0 aliphatic carbocycles. The predicted octanol–water partition coefficient (Wildman–Crippen LogP) is 1.81. The minimum atomic E-state index is -0.235. The van der Waals surface area contributed by atoms with Gasteiger partial charge in [-0.1, -0.05) is 24.4 Å². The Labute approximate surface area is 87.1 Å². The van der Waals surface area contributed by atoms with Crippen molar-refractivity contribution in [1.82, 2.24) is 5.32 Å². The maximum atomic E-state index is 12.9. The van der Waals surface area contributed by atoms with Gasteiger partial charge in [-0.15, -0.1) is 0 Å². The van der Waals surface area contributed by atoms with Gasteiger partial charge in [0.05, 0.1) is 19.3 Å². The summed E-state index contributed by atoms with van der Waals surface area (Å²) in [6, 6.07) is 6.44. The van der Waals surface area contributed by atoms with Crippen molar-refractivity contribution in [2.75, 3.05) is 13.2 Å². The van der Waals surface area contributed by atoms with E-state index in [0.29, 0.717) is 18.2 Å². The van der Waals surface area contributed by atoms with E-state index in [1.54, 1.807) is 6.07 Å². The van der Waals surface area contributed by atoms with E-state index in [9.17, 15) is 4.39 Å². The van der Waals surface area contributed by atoms with Crippen LogP contribution in [0.5, 0.6) is 0 Å². The number of ether oxygens (including phenoxy) is 1. The Balaban J connectivity index is 2.17. The number of morpholine rings is 1. The third-order valence-electron chi connectivity index (χ3n) is 2.10. The molecule has 0 spiro atoms. The van der Waals surface area contributed by atoms with Crippen molar-refractivity contribution in [3.63, 3.8) is 0 Å². The summed E-state index contributed by atoms with van der Waals surface area (Å²) in [4.78, 5) is 0.672. The molecule has 4 heteroatoms. The first-order chi connectivity index (χ1) is 6.75. The second kappa shape index (κ2) is 4.02. The van der Waals surface area contributed by atoms with Crippen LogP contribution in [0.25, 0.3) is 0 Å². The van der Waals surface area contributed by atoms with Crippen molar-refractivity contribution in [3.8, 4) is 0 Å². The van der Waals surface area contributed by atoms with Gasteiger partial charge in [-0.3, -0.25) is 0 Å². The number of benzene rings is 1. The third-order valence-corrected chi connectivity index (χ3v) is 2.34. The largest absolute Gasteiger partial charge is 0.372 e. The lowest BCUT2D eigenvalue weighted by molar-refractivity contribution is 0.130. The van der Waals surface area contributed by atoms with Crippen molar-refractivity contribution in [1.29, 1.82) is 0 Å². The van der Waals surface area contributed by atoms with Crippen LogP contribution < -0.4 is 5.32 Å².